The van der Waals surface area contributed by atoms with E-state index in [0.29, 0.717) is 0 Å². The molecule has 1 heterocycles. The van der Waals surface area contributed by atoms with Crippen LogP contribution in [0.2, 0.25) is 0 Å². The Labute approximate surface area is 117 Å². The maximum absolute atomic E-state index is 4.79. The number of hydrogen-bond acceptors (Lipinski definition) is 1. The molecule has 1 N–H and O–H groups in total. The molecule has 0 bridgehead atoms. The fourth-order valence-electron chi connectivity index (χ4n) is 2.59. The highest BCUT2D eigenvalue weighted by Gasteiger charge is 2.07. The lowest BCUT2D eigenvalue weighted by Gasteiger charge is -1.96. The van der Waals surface area contributed by atoms with Crippen molar-refractivity contribution in [2.24, 2.45) is 0 Å². The summed E-state index contributed by atoms with van der Waals surface area (Å²) in [6.07, 6.45) is 0. The predicted octanol–water partition coefficient (Wildman–Crippen LogP) is 4.69. The number of imidazole rings is 1. The van der Waals surface area contributed by atoms with Crippen LogP contribution in [0, 0.1) is 6.92 Å². The van der Waals surface area contributed by atoms with Gasteiger partial charge in [0.15, 0.2) is 0 Å². The molecule has 1 aromatic heterocycles. The number of aromatic nitrogens is 2. The number of aromatic amines is 1. The SMILES string of the molecule is Cc1ccc(-c2nc3c(ccc4ccccc43)[nH]2)cc1. The van der Waals surface area contributed by atoms with Crippen LogP contribution in [0.5, 0.6) is 0 Å². The zero-order valence-corrected chi connectivity index (χ0v) is 11.2. The van der Waals surface area contributed by atoms with Crippen molar-refractivity contribution in [3.05, 3.63) is 66.2 Å². The van der Waals surface area contributed by atoms with Gasteiger partial charge in [0, 0.05) is 10.9 Å². The largest absolute Gasteiger partial charge is 0.338 e. The summed E-state index contributed by atoms with van der Waals surface area (Å²) in [5.41, 5.74) is 4.50. The molecule has 0 radical (unpaired) electrons. The second-order valence-corrected chi connectivity index (χ2v) is 5.13. The lowest BCUT2D eigenvalue weighted by atomic mass is 10.1. The van der Waals surface area contributed by atoms with E-state index in [1.807, 2.05) is 0 Å². The van der Waals surface area contributed by atoms with E-state index in [9.17, 15) is 0 Å². The maximum Gasteiger partial charge on any atom is 0.138 e. The summed E-state index contributed by atoms with van der Waals surface area (Å²) in [6.45, 7) is 2.09. The number of fused-ring (bicyclic) bond motifs is 3. The summed E-state index contributed by atoms with van der Waals surface area (Å²) >= 11 is 0. The fourth-order valence-corrected chi connectivity index (χ4v) is 2.59. The monoisotopic (exact) mass is 258 g/mol. The number of benzene rings is 3. The molecule has 4 aromatic rings. The molecule has 0 unspecified atom stereocenters. The lowest BCUT2D eigenvalue weighted by molar-refractivity contribution is 1.33. The third kappa shape index (κ3) is 1.69. The van der Waals surface area contributed by atoms with E-state index in [1.54, 1.807) is 0 Å². The number of aryl methyl sites for hydroxylation is 1. The molecule has 4 rings (SSSR count). The van der Waals surface area contributed by atoms with Crippen LogP contribution in [0.1, 0.15) is 5.56 Å². The van der Waals surface area contributed by atoms with Crippen LogP contribution in [0.3, 0.4) is 0 Å². The maximum atomic E-state index is 4.79. The van der Waals surface area contributed by atoms with E-state index >= 15 is 0 Å². The minimum absolute atomic E-state index is 0.927. The molecular weight excluding hydrogens is 244 g/mol. The predicted molar refractivity (Wildman–Crippen MR) is 83.8 cm³/mol. The standard InChI is InChI=1S/C18H14N2/c1-12-6-8-14(9-7-12)18-19-16-11-10-13-4-2-3-5-15(13)17(16)20-18/h2-11H,1H3,(H,19,20). The van der Waals surface area contributed by atoms with Gasteiger partial charge in [-0.25, -0.2) is 4.98 Å². The zero-order valence-electron chi connectivity index (χ0n) is 11.2. The Hall–Kier alpha value is -2.61. The summed E-state index contributed by atoms with van der Waals surface area (Å²) in [4.78, 5) is 8.20. The highest BCUT2D eigenvalue weighted by Crippen LogP contribution is 2.26. The second kappa shape index (κ2) is 4.20. The van der Waals surface area contributed by atoms with Crippen molar-refractivity contribution in [2.45, 2.75) is 6.92 Å². The Bertz CT molecular complexity index is 902. The van der Waals surface area contributed by atoms with E-state index in [0.717, 1.165) is 22.4 Å². The quantitative estimate of drug-likeness (QED) is 0.527. The molecular formula is C18H14N2. The minimum atomic E-state index is 0.927. The lowest BCUT2D eigenvalue weighted by Crippen LogP contribution is -1.80. The number of rotatable bonds is 1. The van der Waals surface area contributed by atoms with E-state index in [-0.39, 0.29) is 0 Å². The van der Waals surface area contributed by atoms with Crippen molar-refractivity contribution in [1.82, 2.24) is 9.97 Å². The normalized spacial score (nSPS) is 11.2. The van der Waals surface area contributed by atoms with Gasteiger partial charge >= 0.3 is 0 Å². The van der Waals surface area contributed by atoms with Crippen molar-refractivity contribution in [1.29, 1.82) is 0 Å². The molecule has 0 amide bonds. The molecule has 20 heavy (non-hydrogen) atoms. The van der Waals surface area contributed by atoms with Crippen LogP contribution < -0.4 is 0 Å². The van der Waals surface area contributed by atoms with E-state index in [1.165, 1.54) is 16.3 Å². The van der Waals surface area contributed by atoms with Gasteiger partial charge in [-0.1, -0.05) is 60.2 Å². The van der Waals surface area contributed by atoms with Gasteiger partial charge in [-0.2, -0.15) is 0 Å². The van der Waals surface area contributed by atoms with Crippen molar-refractivity contribution < 1.29 is 0 Å². The molecule has 2 heteroatoms. The molecule has 0 spiro atoms. The second-order valence-electron chi connectivity index (χ2n) is 5.13. The van der Waals surface area contributed by atoms with Gasteiger partial charge in [0.05, 0.1) is 11.0 Å². The summed E-state index contributed by atoms with van der Waals surface area (Å²) in [5, 5.41) is 2.42. The van der Waals surface area contributed by atoms with Crippen molar-refractivity contribution in [2.75, 3.05) is 0 Å². The van der Waals surface area contributed by atoms with Crippen molar-refractivity contribution in [3.63, 3.8) is 0 Å². The molecule has 0 aliphatic rings. The Kier molecular flexibility index (Phi) is 2.36. The Morgan fingerprint density at radius 3 is 2.50 bits per heavy atom. The highest BCUT2D eigenvalue weighted by molar-refractivity contribution is 6.04. The first kappa shape index (κ1) is 11.2. The molecule has 0 fully saturated rings. The van der Waals surface area contributed by atoms with Crippen LogP contribution >= 0.6 is 0 Å². The molecule has 0 aliphatic heterocycles. The molecule has 3 aromatic carbocycles. The van der Waals surface area contributed by atoms with Gasteiger partial charge in [0.25, 0.3) is 0 Å². The van der Waals surface area contributed by atoms with Gasteiger partial charge in [-0.15, -0.1) is 0 Å². The van der Waals surface area contributed by atoms with E-state index in [2.05, 4.69) is 72.6 Å². The number of nitrogens with one attached hydrogen (secondary N) is 1. The van der Waals surface area contributed by atoms with E-state index in [4.69, 9.17) is 4.98 Å². The number of nitrogens with zero attached hydrogens (tertiary/aromatic N) is 1. The molecule has 0 aliphatic carbocycles. The van der Waals surface area contributed by atoms with Crippen molar-refractivity contribution >= 4 is 21.8 Å². The van der Waals surface area contributed by atoms with Crippen molar-refractivity contribution in [3.8, 4) is 11.4 Å². The topological polar surface area (TPSA) is 28.7 Å². The first-order valence-corrected chi connectivity index (χ1v) is 6.76. The molecule has 0 saturated heterocycles. The summed E-state index contributed by atoms with van der Waals surface area (Å²) in [6, 6.07) is 21.0. The average Bonchev–Trinajstić information content (AvgIpc) is 2.92. The summed E-state index contributed by atoms with van der Waals surface area (Å²) in [7, 11) is 0. The Morgan fingerprint density at radius 2 is 1.65 bits per heavy atom. The van der Waals surface area contributed by atoms with Gasteiger partial charge < -0.3 is 4.98 Å². The average molecular weight is 258 g/mol. The van der Waals surface area contributed by atoms with E-state index < -0.39 is 0 Å². The number of hydrogen-bond donors (Lipinski definition) is 1. The summed E-state index contributed by atoms with van der Waals surface area (Å²) < 4.78 is 0. The smallest absolute Gasteiger partial charge is 0.138 e. The first-order valence-electron chi connectivity index (χ1n) is 6.76. The van der Waals surface area contributed by atoms with Crippen LogP contribution in [0.15, 0.2) is 60.7 Å². The Morgan fingerprint density at radius 1 is 0.850 bits per heavy atom. The fraction of sp³-hybridized carbons (Fsp3) is 0.0556. The first-order chi connectivity index (χ1) is 9.81. The molecule has 0 saturated carbocycles. The van der Waals surface area contributed by atoms with Crippen LogP contribution in [0.25, 0.3) is 33.2 Å². The van der Waals surface area contributed by atoms with Crippen LogP contribution in [-0.2, 0) is 0 Å². The van der Waals surface area contributed by atoms with Crippen LogP contribution in [0.4, 0.5) is 0 Å². The highest BCUT2D eigenvalue weighted by atomic mass is 14.9. The van der Waals surface area contributed by atoms with Gasteiger partial charge in [0.1, 0.15) is 5.82 Å². The van der Waals surface area contributed by atoms with Gasteiger partial charge in [0.2, 0.25) is 0 Å². The third-order valence-corrected chi connectivity index (χ3v) is 3.70. The van der Waals surface area contributed by atoms with Crippen LogP contribution in [-0.4, -0.2) is 9.97 Å². The Balaban J connectivity index is 1.98. The molecule has 0 atom stereocenters. The zero-order chi connectivity index (χ0) is 13.5. The molecule has 2 nitrogen and oxygen atoms in total. The molecule has 96 valence electrons. The van der Waals surface area contributed by atoms with Gasteiger partial charge in [-0.3, -0.25) is 0 Å². The minimum Gasteiger partial charge on any atom is -0.338 e. The third-order valence-electron chi connectivity index (χ3n) is 3.70. The number of H-pyrrole nitrogens is 1. The van der Waals surface area contributed by atoms with Gasteiger partial charge in [-0.05, 0) is 18.4 Å². The summed E-state index contributed by atoms with van der Waals surface area (Å²) in [5.74, 6) is 0.927.